The Morgan fingerprint density at radius 3 is 2.75 bits per heavy atom. The molecule has 0 fully saturated rings. The molecule has 1 N–H and O–H groups in total. The standard InChI is InChI=1S/C12H17FN2O/c1-4-11(8(2)3)15-12(16)9-5-6-14-7-10(9)13/h5-8,11H,4H2,1-3H3,(H,15,16). The van der Waals surface area contributed by atoms with Crippen molar-refractivity contribution in [3.05, 3.63) is 29.8 Å². The fourth-order valence-corrected chi connectivity index (χ4v) is 1.55. The van der Waals surface area contributed by atoms with E-state index >= 15 is 0 Å². The van der Waals surface area contributed by atoms with Gasteiger partial charge in [0.15, 0.2) is 5.82 Å². The van der Waals surface area contributed by atoms with Crippen LogP contribution in [0.15, 0.2) is 18.5 Å². The highest BCUT2D eigenvalue weighted by molar-refractivity contribution is 5.94. The molecule has 4 heteroatoms. The zero-order valence-electron chi connectivity index (χ0n) is 9.83. The zero-order valence-corrected chi connectivity index (χ0v) is 9.83. The highest BCUT2D eigenvalue weighted by Gasteiger charge is 2.17. The summed E-state index contributed by atoms with van der Waals surface area (Å²) in [5.74, 6) is -0.627. The summed E-state index contributed by atoms with van der Waals surface area (Å²) in [6, 6.07) is 1.46. The maximum Gasteiger partial charge on any atom is 0.254 e. The molecule has 0 aliphatic rings. The van der Waals surface area contributed by atoms with Crippen molar-refractivity contribution < 1.29 is 9.18 Å². The smallest absolute Gasteiger partial charge is 0.254 e. The molecule has 0 aliphatic heterocycles. The first-order valence-corrected chi connectivity index (χ1v) is 5.46. The lowest BCUT2D eigenvalue weighted by atomic mass is 10.0. The molecule has 16 heavy (non-hydrogen) atoms. The Labute approximate surface area is 95.1 Å². The lowest BCUT2D eigenvalue weighted by molar-refractivity contribution is 0.0920. The number of nitrogens with zero attached hydrogens (tertiary/aromatic N) is 1. The largest absolute Gasteiger partial charge is 0.349 e. The average Bonchev–Trinajstić information content (AvgIpc) is 2.25. The van der Waals surface area contributed by atoms with Gasteiger partial charge in [0.1, 0.15) is 0 Å². The monoisotopic (exact) mass is 224 g/mol. The number of amides is 1. The van der Waals surface area contributed by atoms with E-state index in [2.05, 4.69) is 10.3 Å². The predicted molar refractivity (Wildman–Crippen MR) is 60.6 cm³/mol. The van der Waals surface area contributed by atoms with E-state index in [0.717, 1.165) is 12.6 Å². The quantitative estimate of drug-likeness (QED) is 0.853. The molecule has 0 spiro atoms. The molecular weight excluding hydrogens is 207 g/mol. The number of hydrogen-bond acceptors (Lipinski definition) is 2. The van der Waals surface area contributed by atoms with Crippen LogP contribution in [0.4, 0.5) is 4.39 Å². The van der Waals surface area contributed by atoms with Crippen molar-refractivity contribution in [3.63, 3.8) is 0 Å². The second-order valence-electron chi connectivity index (χ2n) is 4.09. The molecule has 0 radical (unpaired) electrons. The van der Waals surface area contributed by atoms with E-state index in [1.54, 1.807) is 0 Å². The van der Waals surface area contributed by atoms with E-state index in [0.29, 0.717) is 5.92 Å². The van der Waals surface area contributed by atoms with Gasteiger partial charge in [-0.1, -0.05) is 20.8 Å². The highest BCUT2D eigenvalue weighted by atomic mass is 19.1. The molecule has 88 valence electrons. The number of carbonyl (C=O) groups excluding carboxylic acids is 1. The first-order valence-electron chi connectivity index (χ1n) is 5.46. The summed E-state index contributed by atoms with van der Waals surface area (Å²) in [5.41, 5.74) is 0.0501. The van der Waals surface area contributed by atoms with E-state index in [1.165, 1.54) is 12.3 Å². The van der Waals surface area contributed by atoms with Crippen LogP contribution in [0.25, 0.3) is 0 Å². The van der Waals surface area contributed by atoms with Gasteiger partial charge in [0.05, 0.1) is 11.8 Å². The molecule has 1 unspecified atom stereocenters. The van der Waals surface area contributed by atoms with Crippen LogP contribution in [-0.2, 0) is 0 Å². The number of aromatic nitrogens is 1. The van der Waals surface area contributed by atoms with E-state index in [1.807, 2.05) is 20.8 Å². The fourth-order valence-electron chi connectivity index (χ4n) is 1.55. The first-order chi connectivity index (χ1) is 7.56. The van der Waals surface area contributed by atoms with E-state index < -0.39 is 5.82 Å². The van der Waals surface area contributed by atoms with Crippen molar-refractivity contribution >= 4 is 5.91 Å². The SMILES string of the molecule is CCC(NC(=O)c1ccncc1F)C(C)C. The van der Waals surface area contributed by atoms with Gasteiger partial charge < -0.3 is 5.32 Å². The van der Waals surface area contributed by atoms with Crippen molar-refractivity contribution in [2.75, 3.05) is 0 Å². The third-order valence-corrected chi connectivity index (χ3v) is 2.58. The molecule has 1 aromatic rings. The van der Waals surface area contributed by atoms with Crippen molar-refractivity contribution in [2.45, 2.75) is 33.2 Å². The highest BCUT2D eigenvalue weighted by Crippen LogP contribution is 2.09. The van der Waals surface area contributed by atoms with E-state index in [-0.39, 0.29) is 17.5 Å². The lowest BCUT2D eigenvalue weighted by Gasteiger charge is -2.20. The van der Waals surface area contributed by atoms with Crippen LogP contribution in [-0.4, -0.2) is 16.9 Å². The number of halogens is 1. The van der Waals surface area contributed by atoms with E-state index in [9.17, 15) is 9.18 Å². The van der Waals surface area contributed by atoms with Crippen molar-refractivity contribution in [1.82, 2.24) is 10.3 Å². The van der Waals surface area contributed by atoms with Crippen molar-refractivity contribution in [1.29, 1.82) is 0 Å². The minimum Gasteiger partial charge on any atom is -0.349 e. The second-order valence-corrected chi connectivity index (χ2v) is 4.09. The summed E-state index contributed by atoms with van der Waals surface area (Å²) < 4.78 is 13.3. The third kappa shape index (κ3) is 3.02. The molecule has 0 saturated heterocycles. The molecule has 3 nitrogen and oxygen atoms in total. The Bertz CT molecular complexity index is 366. The maximum atomic E-state index is 13.3. The van der Waals surface area contributed by atoms with Crippen LogP contribution in [0.5, 0.6) is 0 Å². The fraction of sp³-hybridized carbons (Fsp3) is 0.500. The zero-order chi connectivity index (χ0) is 12.1. The molecule has 1 rings (SSSR count). The minimum atomic E-state index is -0.585. The van der Waals surface area contributed by atoms with Crippen LogP contribution in [0.2, 0.25) is 0 Å². The molecule has 1 atom stereocenters. The number of carbonyl (C=O) groups is 1. The first kappa shape index (κ1) is 12.6. The van der Waals surface area contributed by atoms with Crippen LogP contribution >= 0.6 is 0 Å². The van der Waals surface area contributed by atoms with Crippen molar-refractivity contribution in [2.24, 2.45) is 5.92 Å². The molecule has 0 aliphatic carbocycles. The van der Waals surface area contributed by atoms with Gasteiger partial charge >= 0.3 is 0 Å². The molecule has 1 aromatic heterocycles. The summed E-state index contributed by atoms with van der Waals surface area (Å²) in [7, 11) is 0. The normalized spacial score (nSPS) is 12.6. The molecule has 0 saturated carbocycles. The van der Waals surface area contributed by atoms with Gasteiger partial charge in [-0.15, -0.1) is 0 Å². The van der Waals surface area contributed by atoms with Gasteiger partial charge in [-0.3, -0.25) is 9.78 Å². The second kappa shape index (κ2) is 5.58. The third-order valence-electron chi connectivity index (χ3n) is 2.58. The van der Waals surface area contributed by atoms with Gasteiger partial charge in [-0.2, -0.15) is 0 Å². The van der Waals surface area contributed by atoms with E-state index in [4.69, 9.17) is 0 Å². The number of rotatable bonds is 4. The Kier molecular flexibility index (Phi) is 4.40. The molecule has 1 heterocycles. The number of nitrogens with one attached hydrogen (secondary N) is 1. The molecular formula is C12H17FN2O. The summed E-state index contributed by atoms with van der Waals surface area (Å²) >= 11 is 0. The van der Waals surface area contributed by atoms with Gasteiger partial charge in [-0.05, 0) is 18.4 Å². The minimum absolute atomic E-state index is 0.0501. The topological polar surface area (TPSA) is 42.0 Å². The Hall–Kier alpha value is -1.45. The Balaban J connectivity index is 2.76. The van der Waals surface area contributed by atoms with Crippen LogP contribution in [0.1, 0.15) is 37.6 Å². The van der Waals surface area contributed by atoms with Gasteiger partial charge in [0.2, 0.25) is 0 Å². The summed E-state index contributed by atoms with van der Waals surface area (Å²) in [5, 5.41) is 2.82. The van der Waals surface area contributed by atoms with Gasteiger partial charge in [0, 0.05) is 12.2 Å². The van der Waals surface area contributed by atoms with Crippen molar-refractivity contribution in [3.8, 4) is 0 Å². The number of pyridine rings is 1. The summed E-state index contributed by atoms with van der Waals surface area (Å²) in [4.78, 5) is 15.4. The maximum absolute atomic E-state index is 13.3. The molecule has 0 bridgehead atoms. The van der Waals surface area contributed by atoms with Crippen LogP contribution < -0.4 is 5.32 Å². The predicted octanol–water partition coefficient (Wildman–Crippen LogP) is 2.39. The Morgan fingerprint density at radius 1 is 1.56 bits per heavy atom. The lowest BCUT2D eigenvalue weighted by Crippen LogP contribution is -2.38. The van der Waals surface area contributed by atoms with Crippen LogP contribution in [0, 0.1) is 11.7 Å². The number of hydrogen-bond donors (Lipinski definition) is 1. The summed E-state index contributed by atoms with van der Waals surface area (Å²) in [6.45, 7) is 6.04. The Morgan fingerprint density at radius 2 is 2.25 bits per heavy atom. The van der Waals surface area contributed by atoms with Gasteiger partial charge in [0.25, 0.3) is 5.91 Å². The van der Waals surface area contributed by atoms with Crippen LogP contribution in [0.3, 0.4) is 0 Å². The van der Waals surface area contributed by atoms with Gasteiger partial charge in [-0.25, -0.2) is 4.39 Å². The molecule has 0 aromatic carbocycles. The average molecular weight is 224 g/mol. The molecule has 1 amide bonds. The summed E-state index contributed by atoms with van der Waals surface area (Å²) in [6.07, 6.45) is 3.29.